The van der Waals surface area contributed by atoms with Crippen molar-refractivity contribution >= 4 is 74.2 Å². The lowest BCUT2D eigenvalue weighted by atomic mass is 10.4. The van der Waals surface area contributed by atoms with E-state index in [2.05, 4.69) is 50.5 Å². The Morgan fingerprint density at radius 2 is 1.24 bits per heavy atom. The lowest BCUT2D eigenvalue weighted by Crippen LogP contribution is -2.27. The maximum absolute atomic E-state index is 11.8. The Kier molecular flexibility index (Phi) is 12.6. The molecule has 4 nitrogen and oxygen atoms in total. The van der Waals surface area contributed by atoms with Crippen molar-refractivity contribution in [3.63, 3.8) is 0 Å². The highest BCUT2D eigenvalue weighted by molar-refractivity contribution is 8.01. The van der Waals surface area contributed by atoms with Gasteiger partial charge < -0.3 is 9.47 Å². The summed E-state index contributed by atoms with van der Waals surface area (Å²) in [7, 11) is 0. The van der Waals surface area contributed by atoms with Gasteiger partial charge in [-0.05, 0) is 13.8 Å². The molecule has 9 heteroatoms. The van der Waals surface area contributed by atoms with Crippen LogP contribution in [-0.2, 0) is 19.1 Å². The van der Waals surface area contributed by atoms with Crippen molar-refractivity contribution in [2.75, 3.05) is 24.7 Å². The Hall–Kier alpha value is 0.690. The molecule has 0 fully saturated rings. The van der Waals surface area contributed by atoms with Crippen molar-refractivity contribution < 1.29 is 19.1 Å². The molecule has 0 saturated heterocycles. The molecule has 0 aliphatic heterocycles. The normalized spacial score (nSPS) is 16.7. The number of carbonyl (C=O) groups is 2. The van der Waals surface area contributed by atoms with E-state index in [0.717, 1.165) is 0 Å². The van der Waals surface area contributed by atoms with Crippen LogP contribution in [0.25, 0.3) is 0 Å². The molecule has 4 atom stereocenters. The summed E-state index contributed by atoms with van der Waals surface area (Å²) in [5.41, 5.74) is 0. The SMILES string of the molecule is CC(SC(C)C(=O)OCC(S)CS)C(=O)OCC(S)CS. The van der Waals surface area contributed by atoms with Crippen LogP contribution < -0.4 is 0 Å². The minimum absolute atomic E-state index is 0.0922. The predicted octanol–water partition coefficient (Wildman–Crippen LogP) is 2.04. The van der Waals surface area contributed by atoms with Crippen LogP contribution >= 0.6 is 62.3 Å². The Bertz CT molecular complexity index is 299. The summed E-state index contributed by atoms with van der Waals surface area (Å²) in [6.45, 7) is 3.80. The Labute approximate surface area is 152 Å². The van der Waals surface area contributed by atoms with Crippen molar-refractivity contribution in [1.29, 1.82) is 0 Å². The van der Waals surface area contributed by atoms with E-state index in [1.165, 1.54) is 11.8 Å². The third kappa shape index (κ3) is 10.1. The highest BCUT2D eigenvalue weighted by Gasteiger charge is 2.24. The second kappa shape index (κ2) is 12.2. The molecule has 0 aromatic carbocycles. The number of hydrogen-bond acceptors (Lipinski definition) is 9. The molecule has 0 aromatic heterocycles. The van der Waals surface area contributed by atoms with Crippen LogP contribution in [0.5, 0.6) is 0 Å². The maximum atomic E-state index is 11.8. The molecule has 4 unspecified atom stereocenters. The van der Waals surface area contributed by atoms with Crippen LogP contribution in [0.4, 0.5) is 0 Å². The summed E-state index contributed by atoms with van der Waals surface area (Å²) in [4.78, 5) is 23.5. The predicted molar refractivity (Wildman–Crippen MR) is 102 cm³/mol. The summed E-state index contributed by atoms with van der Waals surface area (Å²) in [5.74, 6) is 0.304. The van der Waals surface area contributed by atoms with E-state index in [-0.39, 0.29) is 35.7 Å². The molecule has 0 N–H and O–H groups in total. The number of ether oxygens (including phenoxy) is 2. The van der Waals surface area contributed by atoms with Crippen molar-refractivity contribution in [2.45, 2.75) is 34.8 Å². The second-order valence-corrected chi connectivity index (χ2v) is 8.23. The van der Waals surface area contributed by atoms with E-state index in [9.17, 15) is 9.59 Å². The smallest absolute Gasteiger partial charge is 0.318 e. The van der Waals surface area contributed by atoms with Gasteiger partial charge in [0.2, 0.25) is 0 Å². The first-order valence-electron chi connectivity index (χ1n) is 6.38. The van der Waals surface area contributed by atoms with Crippen molar-refractivity contribution in [3.05, 3.63) is 0 Å². The second-order valence-electron chi connectivity index (χ2n) is 4.35. The van der Waals surface area contributed by atoms with E-state index < -0.39 is 10.5 Å². The number of thiol groups is 4. The van der Waals surface area contributed by atoms with E-state index in [0.29, 0.717) is 11.5 Å². The van der Waals surface area contributed by atoms with Gasteiger partial charge in [-0.1, -0.05) is 0 Å². The van der Waals surface area contributed by atoms with Gasteiger partial charge in [-0.2, -0.15) is 50.5 Å². The third-order valence-electron chi connectivity index (χ3n) is 2.33. The standard InChI is InChI=1S/C12H22O4S5/c1-7(11(13)15-3-9(19)5-17)21-8(2)12(14)16-4-10(20)6-18/h7-10,17-20H,3-6H2,1-2H3. The van der Waals surface area contributed by atoms with Crippen LogP contribution in [0.2, 0.25) is 0 Å². The molecular weight excluding hydrogens is 368 g/mol. The lowest BCUT2D eigenvalue weighted by Gasteiger charge is -2.17. The number of rotatable bonds is 10. The first-order valence-corrected chi connectivity index (χ1v) is 9.62. The molecule has 124 valence electrons. The minimum Gasteiger partial charge on any atom is -0.464 e. The van der Waals surface area contributed by atoms with Crippen molar-refractivity contribution in [2.24, 2.45) is 0 Å². The molecule has 0 aromatic rings. The summed E-state index contributed by atoms with van der Waals surface area (Å²) < 4.78 is 10.2. The van der Waals surface area contributed by atoms with Gasteiger partial charge in [-0.25, -0.2) is 0 Å². The Morgan fingerprint density at radius 3 is 1.52 bits per heavy atom. The van der Waals surface area contributed by atoms with Crippen LogP contribution in [0.3, 0.4) is 0 Å². The monoisotopic (exact) mass is 390 g/mol. The molecule has 0 amide bonds. The van der Waals surface area contributed by atoms with Crippen molar-refractivity contribution in [3.8, 4) is 0 Å². The van der Waals surface area contributed by atoms with E-state index in [1.54, 1.807) is 13.8 Å². The zero-order valence-corrected chi connectivity index (χ0v) is 16.4. The number of carbonyl (C=O) groups excluding carboxylic acids is 2. The molecule has 0 rings (SSSR count). The molecular formula is C12H22O4S5. The molecule has 0 saturated carbocycles. The highest BCUT2D eigenvalue weighted by atomic mass is 32.2. The molecule has 0 heterocycles. The fourth-order valence-corrected chi connectivity index (χ4v) is 2.44. The van der Waals surface area contributed by atoms with Gasteiger partial charge in [0.15, 0.2) is 0 Å². The molecule has 0 spiro atoms. The number of thioether (sulfide) groups is 1. The molecule has 0 radical (unpaired) electrons. The zero-order chi connectivity index (χ0) is 16.4. The van der Waals surface area contributed by atoms with Crippen LogP contribution in [0.1, 0.15) is 13.8 Å². The van der Waals surface area contributed by atoms with Gasteiger partial charge in [0, 0.05) is 22.0 Å². The van der Waals surface area contributed by atoms with Gasteiger partial charge in [0.25, 0.3) is 0 Å². The molecule has 0 aliphatic rings. The number of esters is 2. The maximum Gasteiger partial charge on any atom is 0.318 e. The quantitative estimate of drug-likeness (QED) is 0.340. The fourth-order valence-electron chi connectivity index (χ4n) is 1.11. The molecule has 21 heavy (non-hydrogen) atoms. The van der Waals surface area contributed by atoms with E-state index >= 15 is 0 Å². The number of hydrogen-bond donors (Lipinski definition) is 4. The largest absolute Gasteiger partial charge is 0.464 e. The minimum atomic E-state index is -0.454. The van der Waals surface area contributed by atoms with E-state index in [4.69, 9.17) is 9.47 Å². The summed E-state index contributed by atoms with van der Waals surface area (Å²) in [6, 6.07) is 0. The first-order chi connectivity index (χ1) is 9.81. The van der Waals surface area contributed by atoms with Crippen LogP contribution in [-0.4, -0.2) is 57.7 Å². The molecule has 0 aliphatic carbocycles. The Balaban J connectivity index is 4.09. The fraction of sp³-hybridized carbons (Fsp3) is 0.833. The Morgan fingerprint density at radius 1 is 0.905 bits per heavy atom. The highest BCUT2D eigenvalue weighted by Crippen LogP contribution is 2.20. The van der Waals surface area contributed by atoms with Crippen LogP contribution in [0.15, 0.2) is 0 Å². The average molecular weight is 391 g/mol. The third-order valence-corrected chi connectivity index (χ3v) is 5.65. The van der Waals surface area contributed by atoms with Gasteiger partial charge >= 0.3 is 11.9 Å². The van der Waals surface area contributed by atoms with E-state index in [1.807, 2.05) is 0 Å². The summed E-state index contributed by atoms with van der Waals surface area (Å²) in [5, 5.41) is -1.09. The molecule has 0 bridgehead atoms. The van der Waals surface area contributed by atoms with Crippen LogP contribution in [0, 0.1) is 0 Å². The van der Waals surface area contributed by atoms with Gasteiger partial charge in [-0.15, -0.1) is 11.8 Å². The van der Waals surface area contributed by atoms with Gasteiger partial charge in [0.05, 0.1) is 0 Å². The first kappa shape index (κ1) is 21.7. The topological polar surface area (TPSA) is 52.6 Å². The van der Waals surface area contributed by atoms with Gasteiger partial charge in [0.1, 0.15) is 23.7 Å². The summed E-state index contributed by atoms with van der Waals surface area (Å²) >= 11 is 17.7. The zero-order valence-electron chi connectivity index (χ0n) is 12.0. The lowest BCUT2D eigenvalue weighted by molar-refractivity contribution is -0.142. The summed E-state index contributed by atoms with van der Waals surface area (Å²) in [6.07, 6.45) is 0. The average Bonchev–Trinajstić information content (AvgIpc) is 2.48. The van der Waals surface area contributed by atoms with Gasteiger partial charge in [-0.3, -0.25) is 9.59 Å². The van der Waals surface area contributed by atoms with Crippen molar-refractivity contribution in [1.82, 2.24) is 0 Å².